The van der Waals surface area contributed by atoms with Gasteiger partial charge in [-0.2, -0.15) is 0 Å². The topological polar surface area (TPSA) is 103 Å². The summed E-state index contributed by atoms with van der Waals surface area (Å²) in [5.41, 5.74) is 10.6. The molecular weight excluding hydrogens is 302 g/mol. The van der Waals surface area contributed by atoms with Crippen LogP contribution in [0.4, 0.5) is 0 Å². The molecule has 0 saturated carbocycles. The van der Waals surface area contributed by atoms with Gasteiger partial charge in [0, 0.05) is 23.9 Å². The van der Waals surface area contributed by atoms with Crippen molar-refractivity contribution < 1.29 is 9.90 Å². The number of hydrogen-bond donors (Lipinski definition) is 4. The van der Waals surface area contributed by atoms with E-state index < -0.39 is 5.97 Å². The van der Waals surface area contributed by atoms with Crippen LogP contribution in [0, 0.1) is 5.41 Å². The fraction of sp³-hybridized carbons (Fsp3) is 0.0526. The molecule has 0 amide bonds. The number of benzene rings is 2. The summed E-state index contributed by atoms with van der Waals surface area (Å²) in [6.07, 6.45) is 0. The van der Waals surface area contributed by atoms with E-state index in [1.807, 2.05) is 42.5 Å². The van der Waals surface area contributed by atoms with Crippen molar-refractivity contribution in [3.05, 3.63) is 72.3 Å². The van der Waals surface area contributed by atoms with Gasteiger partial charge in [-0.3, -0.25) is 10.2 Å². The number of rotatable bonds is 3. The third-order valence-electron chi connectivity index (χ3n) is 3.28. The highest BCUT2D eigenvalue weighted by Crippen LogP contribution is 2.24. The van der Waals surface area contributed by atoms with Crippen molar-refractivity contribution in [2.75, 3.05) is 0 Å². The maximum Gasteiger partial charge on any atom is 0.300 e. The lowest BCUT2D eigenvalue weighted by Crippen LogP contribution is -2.10. The van der Waals surface area contributed by atoms with E-state index in [-0.39, 0.29) is 5.84 Å². The molecule has 24 heavy (non-hydrogen) atoms. The second-order valence-electron chi connectivity index (χ2n) is 5.16. The Kier molecular flexibility index (Phi) is 5.52. The lowest BCUT2D eigenvalue weighted by molar-refractivity contribution is -0.134. The Morgan fingerprint density at radius 2 is 1.38 bits per heavy atom. The Labute approximate surface area is 140 Å². The van der Waals surface area contributed by atoms with Crippen LogP contribution in [-0.4, -0.2) is 21.9 Å². The maximum atomic E-state index is 9.00. The van der Waals surface area contributed by atoms with Gasteiger partial charge in [0.1, 0.15) is 5.84 Å². The number of aliphatic carboxylic acids is 1. The summed E-state index contributed by atoms with van der Waals surface area (Å²) in [6, 6.07) is 22.0. The first-order chi connectivity index (χ1) is 11.5. The fourth-order valence-electron chi connectivity index (χ4n) is 2.18. The Bertz CT molecular complexity index is 817. The second kappa shape index (κ2) is 7.78. The fourth-order valence-corrected chi connectivity index (χ4v) is 2.18. The highest BCUT2D eigenvalue weighted by Gasteiger charge is 2.04. The second-order valence-corrected chi connectivity index (χ2v) is 5.16. The average molecular weight is 321 g/mol. The van der Waals surface area contributed by atoms with Crippen LogP contribution in [0.1, 0.15) is 12.5 Å². The molecule has 0 aliphatic carbocycles. The van der Waals surface area contributed by atoms with Crippen LogP contribution in [0.5, 0.6) is 0 Å². The molecule has 0 unspecified atom stereocenters. The van der Waals surface area contributed by atoms with Crippen LogP contribution < -0.4 is 5.73 Å². The highest BCUT2D eigenvalue weighted by atomic mass is 16.4. The van der Waals surface area contributed by atoms with E-state index in [1.165, 1.54) is 5.56 Å². The molecule has 5 heteroatoms. The van der Waals surface area contributed by atoms with Crippen molar-refractivity contribution in [2.45, 2.75) is 6.92 Å². The predicted molar refractivity (Wildman–Crippen MR) is 96.0 cm³/mol. The van der Waals surface area contributed by atoms with E-state index in [9.17, 15) is 0 Å². The molecule has 0 fully saturated rings. The van der Waals surface area contributed by atoms with Gasteiger partial charge < -0.3 is 15.8 Å². The van der Waals surface area contributed by atoms with Gasteiger partial charge in [-0.25, -0.2) is 0 Å². The first-order valence-electron chi connectivity index (χ1n) is 7.36. The number of hydrogen-bond acceptors (Lipinski definition) is 2. The summed E-state index contributed by atoms with van der Waals surface area (Å²) in [5, 5.41) is 14.8. The van der Waals surface area contributed by atoms with Gasteiger partial charge >= 0.3 is 0 Å². The molecule has 0 spiro atoms. The summed E-state index contributed by atoms with van der Waals surface area (Å²) in [7, 11) is 0. The quantitative estimate of drug-likeness (QED) is 0.436. The highest BCUT2D eigenvalue weighted by molar-refractivity contribution is 5.95. The van der Waals surface area contributed by atoms with Crippen LogP contribution in [0.15, 0.2) is 66.7 Å². The Morgan fingerprint density at radius 3 is 1.83 bits per heavy atom. The normalized spacial score (nSPS) is 9.71. The summed E-state index contributed by atoms with van der Waals surface area (Å²) in [6.45, 7) is 1.08. The average Bonchev–Trinajstić information content (AvgIpc) is 3.05. The van der Waals surface area contributed by atoms with Gasteiger partial charge in [0.2, 0.25) is 0 Å². The van der Waals surface area contributed by atoms with E-state index in [0.717, 1.165) is 29.4 Å². The van der Waals surface area contributed by atoms with Crippen LogP contribution in [-0.2, 0) is 4.79 Å². The third kappa shape index (κ3) is 4.58. The van der Waals surface area contributed by atoms with Crippen LogP contribution in [0.25, 0.3) is 22.5 Å². The molecule has 5 nitrogen and oxygen atoms in total. The number of H-pyrrole nitrogens is 1. The molecule has 1 heterocycles. The van der Waals surface area contributed by atoms with Gasteiger partial charge in [0.15, 0.2) is 0 Å². The number of aromatic nitrogens is 1. The Morgan fingerprint density at radius 1 is 0.917 bits per heavy atom. The van der Waals surface area contributed by atoms with Gasteiger partial charge in [-0.1, -0.05) is 54.6 Å². The van der Waals surface area contributed by atoms with Crippen molar-refractivity contribution in [1.29, 1.82) is 5.41 Å². The molecule has 0 radical (unpaired) electrons. The number of nitrogen functional groups attached to an aromatic ring is 1. The molecule has 0 saturated heterocycles. The molecular formula is C19H19N3O2. The lowest BCUT2D eigenvalue weighted by atomic mass is 10.1. The van der Waals surface area contributed by atoms with E-state index in [2.05, 4.69) is 29.2 Å². The van der Waals surface area contributed by atoms with Crippen molar-refractivity contribution in [3.8, 4) is 22.5 Å². The van der Waals surface area contributed by atoms with Crippen molar-refractivity contribution in [2.24, 2.45) is 5.73 Å². The molecule has 3 rings (SSSR count). The summed E-state index contributed by atoms with van der Waals surface area (Å²) >= 11 is 0. The first kappa shape index (κ1) is 17.0. The minimum atomic E-state index is -0.833. The summed E-state index contributed by atoms with van der Waals surface area (Å²) < 4.78 is 0. The Hall–Kier alpha value is -3.34. The number of amidine groups is 1. The van der Waals surface area contributed by atoms with Gasteiger partial charge in [0.05, 0.1) is 0 Å². The van der Waals surface area contributed by atoms with E-state index in [1.54, 1.807) is 0 Å². The molecule has 0 aliphatic rings. The number of aromatic amines is 1. The molecule has 0 aliphatic heterocycles. The number of carboxylic acid groups (broad SMARTS) is 1. The van der Waals surface area contributed by atoms with E-state index in [0.29, 0.717) is 0 Å². The van der Waals surface area contributed by atoms with Gasteiger partial charge in [-0.15, -0.1) is 0 Å². The first-order valence-corrected chi connectivity index (χ1v) is 7.36. The largest absolute Gasteiger partial charge is 0.481 e. The van der Waals surface area contributed by atoms with Crippen LogP contribution in [0.2, 0.25) is 0 Å². The lowest BCUT2D eigenvalue weighted by Gasteiger charge is -2.02. The third-order valence-corrected chi connectivity index (χ3v) is 3.28. The van der Waals surface area contributed by atoms with Crippen LogP contribution >= 0.6 is 0 Å². The molecule has 5 N–H and O–H groups in total. The molecule has 122 valence electrons. The minimum absolute atomic E-state index is 0.0908. The SMILES string of the molecule is CC(=O)O.N=C(N)c1ccc(-c2ccc(-c3ccccc3)[nH]2)cc1. The molecule has 0 bridgehead atoms. The maximum absolute atomic E-state index is 9.00. The Balaban J connectivity index is 0.000000471. The standard InChI is InChI=1S/C17H15N3.C2H4O2/c18-17(19)14-8-6-13(7-9-14)16-11-10-15(20-16)12-4-2-1-3-5-12;1-2(3)4/h1-11,20H,(H3,18,19);1H3,(H,3,4). The molecule has 2 aromatic carbocycles. The number of nitrogens with one attached hydrogen (secondary N) is 2. The molecule has 0 atom stereocenters. The van der Waals surface area contributed by atoms with Crippen molar-refractivity contribution in [3.63, 3.8) is 0 Å². The number of carbonyl (C=O) groups is 1. The smallest absolute Gasteiger partial charge is 0.300 e. The van der Waals surface area contributed by atoms with E-state index in [4.69, 9.17) is 21.0 Å². The monoisotopic (exact) mass is 321 g/mol. The number of nitrogens with two attached hydrogens (primary N) is 1. The molecule has 3 aromatic rings. The minimum Gasteiger partial charge on any atom is -0.481 e. The van der Waals surface area contributed by atoms with E-state index >= 15 is 0 Å². The summed E-state index contributed by atoms with van der Waals surface area (Å²) in [4.78, 5) is 12.4. The zero-order valence-corrected chi connectivity index (χ0v) is 13.3. The predicted octanol–water partition coefficient (Wildman–Crippen LogP) is 3.72. The molecule has 1 aromatic heterocycles. The van der Waals surface area contributed by atoms with Crippen molar-refractivity contribution in [1.82, 2.24) is 4.98 Å². The summed E-state index contributed by atoms with van der Waals surface area (Å²) in [5.74, 6) is -0.743. The van der Waals surface area contributed by atoms with Crippen molar-refractivity contribution >= 4 is 11.8 Å². The van der Waals surface area contributed by atoms with Gasteiger partial charge in [0.25, 0.3) is 5.97 Å². The van der Waals surface area contributed by atoms with Gasteiger partial charge in [-0.05, 0) is 23.3 Å². The zero-order valence-electron chi connectivity index (χ0n) is 13.3. The zero-order chi connectivity index (χ0) is 17.5. The van der Waals surface area contributed by atoms with Crippen LogP contribution in [0.3, 0.4) is 0 Å². The number of carboxylic acids is 1.